The average molecular weight is 454 g/mol. The number of halogens is 4. The first-order valence-corrected chi connectivity index (χ1v) is 8.08. The predicted octanol–water partition coefficient (Wildman–Crippen LogP) is 5.14. The summed E-state index contributed by atoms with van der Waals surface area (Å²) in [5.74, 6) is -0.653. The predicted molar refractivity (Wildman–Crippen MR) is 94.3 cm³/mol. The molecule has 1 N–H and O–H groups in total. The Kier molecular flexibility index (Phi) is 5.88. The van der Waals surface area contributed by atoms with E-state index in [1.165, 1.54) is 18.2 Å². The lowest BCUT2D eigenvalue weighted by atomic mass is 10.2. The van der Waals surface area contributed by atoms with Crippen LogP contribution in [0, 0.1) is 9.39 Å². The molecule has 3 nitrogen and oxygen atoms in total. The van der Waals surface area contributed by atoms with Crippen molar-refractivity contribution in [2.75, 3.05) is 5.32 Å². The zero-order valence-corrected chi connectivity index (χ0v) is 15.0. The second kappa shape index (κ2) is 7.48. The van der Waals surface area contributed by atoms with Crippen LogP contribution in [0.3, 0.4) is 0 Å². The van der Waals surface area contributed by atoms with E-state index in [1.807, 2.05) is 22.6 Å². The SMILES string of the molecule is C[C@@H](Oc1ccc(Cl)cc1Cl)C(=O)Nc1ccc(I)cc1F. The van der Waals surface area contributed by atoms with Gasteiger partial charge in [0.05, 0.1) is 10.7 Å². The fourth-order valence-corrected chi connectivity index (χ4v) is 2.55. The lowest BCUT2D eigenvalue weighted by molar-refractivity contribution is -0.122. The van der Waals surface area contributed by atoms with Crippen LogP contribution in [-0.2, 0) is 4.79 Å². The summed E-state index contributed by atoms with van der Waals surface area (Å²) >= 11 is 13.8. The van der Waals surface area contributed by atoms with Crippen molar-refractivity contribution >= 4 is 57.4 Å². The first-order valence-electron chi connectivity index (χ1n) is 6.24. The second-order valence-electron chi connectivity index (χ2n) is 4.45. The van der Waals surface area contributed by atoms with E-state index in [-0.39, 0.29) is 5.69 Å². The van der Waals surface area contributed by atoms with Gasteiger partial charge < -0.3 is 10.1 Å². The van der Waals surface area contributed by atoms with Crippen molar-refractivity contribution in [3.05, 3.63) is 55.8 Å². The number of rotatable bonds is 4. The van der Waals surface area contributed by atoms with Crippen LogP contribution in [0.25, 0.3) is 0 Å². The Morgan fingerprint density at radius 1 is 1.27 bits per heavy atom. The van der Waals surface area contributed by atoms with Crippen molar-refractivity contribution in [3.63, 3.8) is 0 Å². The molecule has 1 atom stereocenters. The van der Waals surface area contributed by atoms with Crippen LogP contribution in [0.4, 0.5) is 10.1 Å². The van der Waals surface area contributed by atoms with Crippen molar-refractivity contribution < 1.29 is 13.9 Å². The van der Waals surface area contributed by atoms with Crippen LogP contribution < -0.4 is 10.1 Å². The van der Waals surface area contributed by atoms with Crippen LogP contribution >= 0.6 is 45.8 Å². The van der Waals surface area contributed by atoms with Gasteiger partial charge in [0.1, 0.15) is 11.6 Å². The fraction of sp³-hybridized carbons (Fsp3) is 0.133. The van der Waals surface area contributed by atoms with Gasteiger partial charge in [0, 0.05) is 8.59 Å². The van der Waals surface area contributed by atoms with Crippen molar-refractivity contribution in [2.24, 2.45) is 0 Å². The van der Waals surface area contributed by atoms with Gasteiger partial charge in [-0.1, -0.05) is 23.2 Å². The highest BCUT2D eigenvalue weighted by molar-refractivity contribution is 14.1. The highest BCUT2D eigenvalue weighted by Crippen LogP contribution is 2.28. The third-order valence-corrected chi connectivity index (χ3v) is 3.96. The van der Waals surface area contributed by atoms with E-state index >= 15 is 0 Å². The van der Waals surface area contributed by atoms with Crippen LogP contribution in [0.2, 0.25) is 10.0 Å². The Morgan fingerprint density at radius 2 is 2.00 bits per heavy atom. The summed E-state index contributed by atoms with van der Waals surface area (Å²) in [6.45, 7) is 1.55. The Morgan fingerprint density at radius 3 is 2.64 bits per heavy atom. The summed E-state index contributed by atoms with van der Waals surface area (Å²) < 4.78 is 19.9. The molecule has 2 rings (SSSR count). The number of ether oxygens (including phenoxy) is 1. The molecule has 116 valence electrons. The molecule has 22 heavy (non-hydrogen) atoms. The third-order valence-electron chi connectivity index (χ3n) is 2.76. The quantitative estimate of drug-likeness (QED) is 0.650. The molecule has 0 aliphatic heterocycles. The molecule has 0 heterocycles. The minimum Gasteiger partial charge on any atom is -0.479 e. The molecular weight excluding hydrogens is 443 g/mol. The fourth-order valence-electron chi connectivity index (χ4n) is 1.64. The normalized spacial score (nSPS) is 11.9. The van der Waals surface area contributed by atoms with Crippen LogP contribution in [-0.4, -0.2) is 12.0 Å². The third kappa shape index (κ3) is 4.47. The molecule has 0 aliphatic rings. The molecule has 0 fully saturated rings. The molecule has 0 saturated carbocycles. The van der Waals surface area contributed by atoms with Crippen molar-refractivity contribution in [3.8, 4) is 5.75 Å². The highest BCUT2D eigenvalue weighted by atomic mass is 127. The van der Waals surface area contributed by atoms with E-state index in [0.29, 0.717) is 15.8 Å². The molecule has 2 aromatic rings. The standard InChI is InChI=1S/C15H11Cl2FINO2/c1-8(22-14-5-2-9(16)6-11(14)17)15(21)20-13-4-3-10(19)7-12(13)18/h2-8H,1H3,(H,20,21)/t8-/m1/s1. The first kappa shape index (κ1) is 17.3. The van der Waals surface area contributed by atoms with Gasteiger partial charge in [-0.05, 0) is 65.9 Å². The topological polar surface area (TPSA) is 38.3 Å². The maximum atomic E-state index is 13.7. The molecule has 0 saturated heterocycles. The molecule has 1 amide bonds. The zero-order valence-electron chi connectivity index (χ0n) is 11.4. The Labute approximate surface area is 150 Å². The van der Waals surface area contributed by atoms with Gasteiger partial charge in [0.2, 0.25) is 0 Å². The number of hydrogen-bond acceptors (Lipinski definition) is 2. The summed E-state index contributed by atoms with van der Waals surface area (Å²) in [6.07, 6.45) is -0.850. The Bertz CT molecular complexity index is 712. The molecular formula is C15H11Cl2FINO2. The smallest absolute Gasteiger partial charge is 0.265 e. The average Bonchev–Trinajstić information content (AvgIpc) is 2.44. The van der Waals surface area contributed by atoms with Crippen molar-refractivity contribution in [1.29, 1.82) is 0 Å². The molecule has 2 aromatic carbocycles. The summed E-state index contributed by atoms with van der Waals surface area (Å²) in [6, 6.07) is 9.21. The summed E-state index contributed by atoms with van der Waals surface area (Å²) in [5, 5.41) is 3.24. The van der Waals surface area contributed by atoms with Gasteiger partial charge in [-0.3, -0.25) is 4.79 Å². The van der Waals surface area contributed by atoms with Gasteiger partial charge >= 0.3 is 0 Å². The van der Waals surface area contributed by atoms with E-state index in [9.17, 15) is 9.18 Å². The number of benzene rings is 2. The minimum atomic E-state index is -0.850. The lowest BCUT2D eigenvalue weighted by Gasteiger charge is -2.16. The maximum Gasteiger partial charge on any atom is 0.265 e. The van der Waals surface area contributed by atoms with E-state index < -0.39 is 17.8 Å². The van der Waals surface area contributed by atoms with Crippen LogP contribution in [0.5, 0.6) is 5.75 Å². The van der Waals surface area contributed by atoms with Crippen molar-refractivity contribution in [2.45, 2.75) is 13.0 Å². The van der Waals surface area contributed by atoms with E-state index in [2.05, 4.69) is 5.32 Å². The summed E-state index contributed by atoms with van der Waals surface area (Å²) in [4.78, 5) is 12.1. The Hall–Kier alpha value is -1.05. The molecule has 0 unspecified atom stereocenters. The van der Waals surface area contributed by atoms with E-state index in [1.54, 1.807) is 25.1 Å². The number of carbonyl (C=O) groups is 1. The van der Waals surface area contributed by atoms with E-state index in [0.717, 1.165) is 3.57 Å². The monoisotopic (exact) mass is 453 g/mol. The van der Waals surface area contributed by atoms with Crippen molar-refractivity contribution in [1.82, 2.24) is 0 Å². The van der Waals surface area contributed by atoms with Gasteiger partial charge in [0.25, 0.3) is 5.91 Å². The number of hydrogen-bond donors (Lipinski definition) is 1. The molecule has 7 heteroatoms. The zero-order chi connectivity index (χ0) is 16.3. The first-order chi connectivity index (χ1) is 10.4. The highest BCUT2D eigenvalue weighted by Gasteiger charge is 2.18. The number of nitrogens with one attached hydrogen (secondary N) is 1. The van der Waals surface area contributed by atoms with Gasteiger partial charge in [-0.25, -0.2) is 4.39 Å². The second-order valence-corrected chi connectivity index (χ2v) is 6.54. The molecule has 0 aromatic heterocycles. The number of carbonyl (C=O) groups excluding carboxylic acids is 1. The molecule has 0 radical (unpaired) electrons. The van der Waals surface area contributed by atoms with Crippen LogP contribution in [0.1, 0.15) is 6.92 Å². The number of anilines is 1. The molecule has 0 spiro atoms. The molecule has 0 aliphatic carbocycles. The minimum absolute atomic E-state index is 0.100. The summed E-state index contributed by atoms with van der Waals surface area (Å²) in [7, 11) is 0. The van der Waals surface area contributed by atoms with Gasteiger partial charge in [0.15, 0.2) is 6.10 Å². The van der Waals surface area contributed by atoms with Gasteiger partial charge in [-0.15, -0.1) is 0 Å². The summed E-state index contributed by atoms with van der Waals surface area (Å²) in [5.41, 5.74) is 0.100. The van der Waals surface area contributed by atoms with E-state index in [4.69, 9.17) is 27.9 Å². The largest absolute Gasteiger partial charge is 0.479 e. The molecule has 0 bridgehead atoms. The Balaban J connectivity index is 2.05. The number of amides is 1. The van der Waals surface area contributed by atoms with Gasteiger partial charge in [-0.2, -0.15) is 0 Å². The lowest BCUT2D eigenvalue weighted by Crippen LogP contribution is -2.30. The van der Waals surface area contributed by atoms with Crippen LogP contribution in [0.15, 0.2) is 36.4 Å². The maximum absolute atomic E-state index is 13.7.